The van der Waals surface area contributed by atoms with E-state index < -0.39 is 0 Å². The maximum atomic E-state index is 3.95. The van der Waals surface area contributed by atoms with Gasteiger partial charge in [0, 0.05) is 12.1 Å². The smallest absolute Gasteiger partial charge is 0.00671 e. The van der Waals surface area contributed by atoms with Gasteiger partial charge >= 0.3 is 0 Å². The van der Waals surface area contributed by atoms with Gasteiger partial charge in [0.1, 0.15) is 0 Å². The van der Waals surface area contributed by atoms with Gasteiger partial charge in [0.25, 0.3) is 0 Å². The second-order valence-corrected chi connectivity index (χ2v) is 3.25. The van der Waals surface area contributed by atoms with Crippen LogP contribution in [0.15, 0.2) is 0 Å². The van der Waals surface area contributed by atoms with Crippen LogP contribution in [-0.2, 0) is 0 Å². The Bertz CT molecular complexity index is 80.9. The van der Waals surface area contributed by atoms with Crippen molar-refractivity contribution in [3.63, 3.8) is 0 Å². The normalized spacial score (nSPS) is 16.9. The molecule has 0 amide bonds. The van der Waals surface area contributed by atoms with Crippen LogP contribution in [0.3, 0.4) is 0 Å². The van der Waals surface area contributed by atoms with Crippen molar-refractivity contribution in [3.05, 3.63) is 6.92 Å². The monoisotopic (exact) mass is 156 g/mol. The summed E-state index contributed by atoms with van der Waals surface area (Å²) in [6, 6.07) is 1.37. The zero-order valence-electron chi connectivity index (χ0n) is 8.43. The Morgan fingerprint density at radius 1 is 1.09 bits per heavy atom. The van der Waals surface area contributed by atoms with Gasteiger partial charge in [0.15, 0.2) is 0 Å². The van der Waals surface area contributed by atoms with E-state index in [0.29, 0.717) is 12.1 Å². The molecule has 0 aliphatic heterocycles. The molecule has 0 N–H and O–H groups in total. The second kappa shape index (κ2) is 5.59. The molecule has 11 heavy (non-hydrogen) atoms. The lowest BCUT2D eigenvalue weighted by Crippen LogP contribution is -2.39. The van der Waals surface area contributed by atoms with Gasteiger partial charge in [0.2, 0.25) is 0 Å². The van der Waals surface area contributed by atoms with Crippen molar-refractivity contribution >= 4 is 0 Å². The first-order chi connectivity index (χ1) is 5.17. The van der Waals surface area contributed by atoms with E-state index >= 15 is 0 Å². The predicted octanol–water partition coefficient (Wildman–Crippen LogP) is 2.72. The van der Waals surface area contributed by atoms with Gasteiger partial charge in [-0.3, -0.25) is 4.90 Å². The highest BCUT2D eigenvalue weighted by Crippen LogP contribution is 2.10. The molecule has 0 saturated heterocycles. The van der Waals surface area contributed by atoms with Gasteiger partial charge in [-0.2, -0.15) is 0 Å². The van der Waals surface area contributed by atoms with Crippen LogP contribution >= 0.6 is 0 Å². The first-order valence-electron chi connectivity index (χ1n) is 4.72. The molecule has 0 bridgehead atoms. The summed E-state index contributed by atoms with van der Waals surface area (Å²) < 4.78 is 0. The van der Waals surface area contributed by atoms with Crippen molar-refractivity contribution < 1.29 is 0 Å². The molecule has 0 rings (SSSR count). The fraction of sp³-hybridized carbons (Fsp3) is 0.900. The minimum atomic E-state index is 0.683. The first-order valence-corrected chi connectivity index (χ1v) is 4.72. The van der Waals surface area contributed by atoms with Gasteiger partial charge in [-0.15, -0.1) is 0 Å². The molecule has 0 aromatic rings. The van der Waals surface area contributed by atoms with Crippen LogP contribution in [0.2, 0.25) is 0 Å². The summed E-state index contributed by atoms with van der Waals surface area (Å²) in [5.41, 5.74) is 0. The molecule has 1 heteroatoms. The lowest BCUT2D eigenvalue weighted by molar-refractivity contribution is 0.164. The minimum Gasteiger partial charge on any atom is -0.298 e. The summed E-state index contributed by atoms with van der Waals surface area (Å²) in [5.74, 6) is 0. The average molecular weight is 156 g/mol. The highest BCUT2D eigenvalue weighted by molar-refractivity contribution is 4.72. The van der Waals surface area contributed by atoms with E-state index in [9.17, 15) is 0 Å². The summed E-state index contributed by atoms with van der Waals surface area (Å²) in [4.78, 5) is 2.46. The van der Waals surface area contributed by atoms with Crippen molar-refractivity contribution in [3.8, 4) is 0 Å². The molecule has 0 aromatic heterocycles. The van der Waals surface area contributed by atoms with E-state index in [1.165, 1.54) is 12.8 Å². The molecule has 1 nitrogen and oxygen atoms in total. The molecule has 2 atom stereocenters. The summed E-state index contributed by atoms with van der Waals surface area (Å²) in [6.07, 6.45) is 2.44. The quantitative estimate of drug-likeness (QED) is 0.591. The standard InChI is InChI=1S/C10H22N/c1-6-9(4)11(8-3)10(5)7-2/h9-10H,3,6-8H2,1-2,4-5H3. The molecule has 0 aromatic carbocycles. The molecule has 1 radical (unpaired) electrons. The summed E-state index contributed by atoms with van der Waals surface area (Å²) >= 11 is 0. The Hall–Kier alpha value is -0.0400. The lowest BCUT2D eigenvalue weighted by Gasteiger charge is -2.32. The lowest BCUT2D eigenvalue weighted by atomic mass is 10.1. The fourth-order valence-electron chi connectivity index (χ4n) is 1.34. The van der Waals surface area contributed by atoms with Crippen LogP contribution in [0, 0.1) is 6.92 Å². The summed E-state index contributed by atoms with van der Waals surface area (Å²) in [7, 11) is 0. The third kappa shape index (κ3) is 3.24. The molecule has 0 saturated carbocycles. The third-order valence-electron chi connectivity index (χ3n) is 2.57. The van der Waals surface area contributed by atoms with Crippen molar-refractivity contribution in [1.82, 2.24) is 4.90 Å². The van der Waals surface area contributed by atoms with Crippen molar-refractivity contribution in [1.29, 1.82) is 0 Å². The van der Waals surface area contributed by atoms with E-state index in [4.69, 9.17) is 0 Å². The third-order valence-corrected chi connectivity index (χ3v) is 2.57. The number of nitrogens with zero attached hydrogens (tertiary/aromatic N) is 1. The highest BCUT2D eigenvalue weighted by Gasteiger charge is 2.14. The van der Waals surface area contributed by atoms with E-state index in [0.717, 1.165) is 6.54 Å². The zero-order valence-corrected chi connectivity index (χ0v) is 8.43. The van der Waals surface area contributed by atoms with Crippen LogP contribution in [0.1, 0.15) is 40.5 Å². The fourth-order valence-corrected chi connectivity index (χ4v) is 1.34. The van der Waals surface area contributed by atoms with Crippen molar-refractivity contribution in [2.75, 3.05) is 6.54 Å². The van der Waals surface area contributed by atoms with Crippen LogP contribution < -0.4 is 0 Å². The Morgan fingerprint density at radius 3 is 1.64 bits per heavy atom. The molecule has 0 fully saturated rings. The Morgan fingerprint density at radius 2 is 1.45 bits per heavy atom. The van der Waals surface area contributed by atoms with Gasteiger partial charge in [-0.1, -0.05) is 13.8 Å². The number of hydrogen-bond acceptors (Lipinski definition) is 1. The van der Waals surface area contributed by atoms with E-state index in [1.807, 2.05) is 0 Å². The predicted molar refractivity (Wildman–Crippen MR) is 51.6 cm³/mol. The Kier molecular flexibility index (Phi) is 5.57. The molecule has 0 aliphatic rings. The van der Waals surface area contributed by atoms with Crippen LogP contribution in [0.5, 0.6) is 0 Å². The molecule has 0 heterocycles. The highest BCUT2D eigenvalue weighted by atomic mass is 15.2. The molecule has 0 spiro atoms. The van der Waals surface area contributed by atoms with Crippen molar-refractivity contribution in [2.45, 2.75) is 52.6 Å². The second-order valence-electron chi connectivity index (χ2n) is 3.25. The Labute approximate surface area is 71.8 Å². The maximum absolute atomic E-state index is 3.95. The maximum Gasteiger partial charge on any atom is 0.00671 e. The number of hydrogen-bond donors (Lipinski definition) is 0. The van der Waals surface area contributed by atoms with Gasteiger partial charge in [0.05, 0.1) is 0 Å². The topological polar surface area (TPSA) is 3.24 Å². The summed E-state index contributed by atoms with van der Waals surface area (Å²) in [5, 5.41) is 0. The molecular formula is C10H22N. The average Bonchev–Trinajstić information content (AvgIpc) is 2.05. The van der Waals surface area contributed by atoms with Crippen LogP contribution in [-0.4, -0.2) is 23.5 Å². The van der Waals surface area contributed by atoms with Gasteiger partial charge < -0.3 is 0 Å². The van der Waals surface area contributed by atoms with E-state index in [-0.39, 0.29) is 0 Å². The summed E-state index contributed by atoms with van der Waals surface area (Å²) in [6.45, 7) is 13.9. The van der Waals surface area contributed by atoms with E-state index in [1.54, 1.807) is 0 Å². The molecule has 67 valence electrons. The van der Waals surface area contributed by atoms with Gasteiger partial charge in [-0.05, 0) is 40.2 Å². The van der Waals surface area contributed by atoms with Crippen LogP contribution in [0.4, 0.5) is 0 Å². The Balaban J connectivity index is 3.92. The largest absolute Gasteiger partial charge is 0.298 e. The first kappa shape index (κ1) is 11.0. The molecule has 2 unspecified atom stereocenters. The minimum absolute atomic E-state index is 0.683. The zero-order chi connectivity index (χ0) is 8.85. The van der Waals surface area contributed by atoms with E-state index in [2.05, 4.69) is 39.5 Å². The van der Waals surface area contributed by atoms with Crippen LogP contribution in [0.25, 0.3) is 0 Å². The molecule has 0 aliphatic carbocycles. The van der Waals surface area contributed by atoms with Crippen molar-refractivity contribution in [2.24, 2.45) is 0 Å². The van der Waals surface area contributed by atoms with Gasteiger partial charge in [-0.25, -0.2) is 0 Å². The molecular weight excluding hydrogens is 134 g/mol. The SMILES string of the molecule is [CH2]CN(C(C)CC)C(C)CC. The number of rotatable bonds is 5.